The Morgan fingerprint density at radius 1 is 1.71 bits per heavy atom. The number of carbonyl (C=O) groups is 1. The molecule has 5 heteroatoms. The zero-order chi connectivity index (χ0) is 12.4. The van der Waals surface area contributed by atoms with E-state index >= 15 is 0 Å². The smallest absolute Gasteiger partial charge is 0.257 e. The normalized spacial score (nSPS) is 19.6. The largest absolute Gasteiger partial charge is 0.469 e. The molecule has 1 aromatic rings. The van der Waals surface area contributed by atoms with E-state index in [1.807, 2.05) is 6.92 Å². The predicted octanol–water partition coefficient (Wildman–Crippen LogP) is 1.73. The average Bonchev–Trinajstić information content (AvgIpc) is 2.96. The summed E-state index contributed by atoms with van der Waals surface area (Å²) in [5, 5.41) is 0. The number of likely N-dealkylation sites (tertiary alicyclic amines) is 1. The Morgan fingerprint density at radius 3 is 3.12 bits per heavy atom. The van der Waals surface area contributed by atoms with Crippen molar-refractivity contribution in [2.24, 2.45) is 5.73 Å². The molecule has 2 rings (SSSR count). The first kappa shape index (κ1) is 12.1. The van der Waals surface area contributed by atoms with E-state index in [0.717, 1.165) is 25.1 Å². The summed E-state index contributed by atoms with van der Waals surface area (Å²) in [6.45, 7) is 2.68. The Hall–Kier alpha value is -1.36. The first-order valence-corrected chi connectivity index (χ1v) is 6.22. The minimum atomic E-state index is -0.0999. The second-order valence-electron chi connectivity index (χ2n) is 4.17. The van der Waals surface area contributed by atoms with E-state index in [0.29, 0.717) is 17.0 Å². The number of thiocarbonyl (C=S) groups is 1. The first-order valence-electron chi connectivity index (χ1n) is 5.81. The molecule has 1 fully saturated rings. The zero-order valence-corrected chi connectivity index (χ0v) is 10.6. The molecule has 1 aromatic heterocycles. The van der Waals surface area contributed by atoms with Gasteiger partial charge in [0.1, 0.15) is 5.76 Å². The summed E-state index contributed by atoms with van der Waals surface area (Å²) in [7, 11) is 0. The standard InChI is InChI=1S/C12H16N2O2S/c1-2-10-8(5-7-16-10)12(15)14-6-3-4-9(14)11(13)17/h5,7,9H,2-4,6H2,1H3,(H2,13,17). The fourth-order valence-electron chi connectivity index (χ4n) is 2.27. The maximum atomic E-state index is 12.4. The number of hydrogen-bond acceptors (Lipinski definition) is 3. The molecule has 1 aliphatic rings. The first-order chi connectivity index (χ1) is 8.15. The number of carbonyl (C=O) groups excluding carboxylic acids is 1. The van der Waals surface area contributed by atoms with Crippen LogP contribution < -0.4 is 5.73 Å². The SMILES string of the molecule is CCc1occc1C(=O)N1CCCC1C(N)=S. The second-order valence-corrected chi connectivity index (χ2v) is 4.64. The molecule has 1 saturated heterocycles. The quantitative estimate of drug-likeness (QED) is 0.832. The summed E-state index contributed by atoms with van der Waals surface area (Å²) in [4.78, 5) is 14.5. The van der Waals surface area contributed by atoms with Gasteiger partial charge in [0.05, 0.1) is 22.9 Å². The van der Waals surface area contributed by atoms with Crippen LogP contribution in [0.2, 0.25) is 0 Å². The summed E-state index contributed by atoms with van der Waals surface area (Å²) in [5.74, 6) is 0.703. The Bertz CT molecular complexity index is 441. The van der Waals surface area contributed by atoms with Crippen LogP contribution in [0.4, 0.5) is 0 Å². The number of nitrogens with two attached hydrogens (primary N) is 1. The number of furan rings is 1. The van der Waals surface area contributed by atoms with E-state index in [9.17, 15) is 4.79 Å². The Kier molecular flexibility index (Phi) is 3.47. The third-order valence-corrected chi connectivity index (χ3v) is 3.41. The van der Waals surface area contributed by atoms with Crippen molar-refractivity contribution in [1.82, 2.24) is 4.90 Å². The van der Waals surface area contributed by atoms with Gasteiger partial charge in [-0.25, -0.2) is 0 Å². The lowest BCUT2D eigenvalue weighted by Gasteiger charge is -2.23. The van der Waals surface area contributed by atoms with Crippen LogP contribution in [0.15, 0.2) is 16.7 Å². The maximum absolute atomic E-state index is 12.4. The molecule has 0 bridgehead atoms. The van der Waals surface area contributed by atoms with Crippen molar-refractivity contribution >= 4 is 23.1 Å². The summed E-state index contributed by atoms with van der Waals surface area (Å²) in [6, 6.07) is 1.62. The minimum Gasteiger partial charge on any atom is -0.469 e. The van der Waals surface area contributed by atoms with Crippen molar-refractivity contribution in [3.05, 3.63) is 23.7 Å². The highest BCUT2D eigenvalue weighted by atomic mass is 32.1. The van der Waals surface area contributed by atoms with Crippen LogP contribution >= 0.6 is 12.2 Å². The molecule has 0 saturated carbocycles. The van der Waals surface area contributed by atoms with Crippen LogP contribution in [0.5, 0.6) is 0 Å². The monoisotopic (exact) mass is 252 g/mol. The summed E-state index contributed by atoms with van der Waals surface area (Å²) < 4.78 is 5.28. The van der Waals surface area contributed by atoms with Gasteiger partial charge < -0.3 is 15.1 Å². The van der Waals surface area contributed by atoms with Crippen molar-refractivity contribution in [3.63, 3.8) is 0 Å². The molecule has 2 heterocycles. The van der Waals surface area contributed by atoms with Crippen LogP contribution in [0, 0.1) is 0 Å². The summed E-state index contributed by atoms with van der Waals surface area (Å²) in [5.41, 5.74) is 6.30. The molecule has 1 aliphatic heterocycles. The van der Waals surface area contributed by atoms with Gasteiger partial charge in [0.25, 0.3) is 5.91 Å². The fourth-order valence-corrected chi connectivity index (χ4v) is 2.51. The highest BCUT2D eigenvalue weighted by Crippen LogP contribution is 2.22. The second kappa shape index (κ2) is 4.87. The molecule has 0 aromatic carbocycles. The van der Waals surface area contributed by atoms with Gasteiger partial charge in [0.15, 0.2) is 0 Å². The van der Waals surface area contributed by atoms with Gasteiger partial charge in [-0.3, -0.25) is 4.79 Å². The Morgan fingerprint density at radius 2 is 2.47 bits per heavy atom. The number of aryl methyl sites for hydroxylation is 1. The molecular formula is C12H16N2O2S. The van der Waals surface area contributed by atoms with Gasteiger partial charge in [-0.2, -0.15) is 0 Å². The molecule has 2 N–H and O–H groups in total. The summed E-state index contributed by atoms with van der Waals surface area (Å²) >= 11 is 5.00. The van der Waals surface area contributed by atoms with Gasteiger partial charge in [-0.05, 0) is 18.9 Å². The van der Waals surface area contributed by atoms with E-state index in [-0.39, 0.29) is 11.9 Å². The molecule has 4 nitrogen and oxygen atoms in total. The van der Waals surface area contributed by atoms with E-state index in [1.54, 1.807) is 17.2 Å². The van der Waals surface area contributed by atoms with E-state index in [2.05, 4.69) is 0 Å². The highest BCUT2D eigenvalue weighted by molar-refractivity contribution is 7.80. The molecule has 0 spiro atoms. The van der Waals surface area contributed by atoms with Crippen LogP contribution in [-0.2, 0) is 6.42 Å². The van der Waals surface area contributed by atoms with Crippen molar-refractivity contribution in [2.75, 3.05) is 6.54 Å². The lowest BCUT2D eigenvalue weighted by atomic mass is 10.1. The van der Waals surface area contributed by atoms with E-state index in [4.69, 9.17) is 22.4 Å². The molecule has 0 radical (unpaired) electrons. The average molecular weight is 252 g/mol. The molecule has 1 atom stereocenters. The highest BCUT2D eigenvalue weighted by Gasteiger charge is 2.32. The minimum absolute atomic E-state index is 0.0223. The lowest BCUT2D eigenvalue weighted by Crippen LogP contribution is -2.42. The third-order valence-electron chi connectivity index (χ3n) is 3.14. The Labute approximate surface area is 106 Å². The Balaban J connectivity index is 2.23. The number of hydrogen-bond donors (Lipinski definition) is 1. The molecule has 0 aliphatic carbocycles. The van der Waals surface area contributed by atoms with Gasteiger partial charge in [0, 0.05) is 13.0 Å². The number of rotatable bonds is 3. The molecular weight excluding hydrogens is 236 g/mol. The van der Waals surface area contributed by atoms with E-state index < -0.39 is 0 Å². The predicted molar refractivity (Wildman–Crippen MR) is 68.9 cm³/mol. The van der Waals surface area contributed by atoms with Crippen molar-refractivity contribution in [2.45, 2.75) is 32.2 Å². The fraction of sp³-hybridized carbons (Fsp3) is 0.500. The van der Waals surface area contributed by atoms with E-state index in [1.165, 1.54) is 0 Å². The van der Waals surface area contributed by atoms with Gasteiger partial charge in [-0.1, -0.05) is 19.1 Å². The lowest BCUT2D eigenvalue weighted by molar-refractivity contribution is 0.0768. The van der Waals surface area contributed by atoms with Crippen molar-refractivity contribution in [3.8, 4) is 0 Å². The van der Waals surface area contributed by atoms with Gasteiger partial charge in [0.2, 0.25) is 0 Å². The molecule has 92 valence electrons. The summed E-state index contributed by atoms with van der Waals surface area (Å²) in [6.07, 6.45) is 4.07. The van der Waals surface area contributed by atoms with Crippen molar-refractivity contribution < 1.29 is 9.21 Å². The van der Waals surface area contributed by atoms with Crippen LogP contribution in [0.1, 0.15) is 35.9 Å². The van der Waals surface area contributed by atoms with Gasteiger partial charge in [-0.15, -0.1) is 0 Å². The van der Waals surface area contributed by atoms with Crippen LogP contribution in [0.3, 0.4) is 0 Å². The number of amides is 1. The molecule has 17 heavy (non-hydrogen) atoms. The maximum Gasteiger partial charge on any atom is 0.257 e. The molecule has 1 unspecified atom stereocenters. The number of nitrogens with zero attached hydrogens (tertiary/aromatic N) is 1. The third kappa shape index (κ3) is 2.20. The van der Waals surface area contributed by atoms with Gasteiger partial charge >= 0.3 is 0 Å². The van der Waals surface area contributed by atoms with Crippen molar-refractivity contribution in [1.29, 1.82) is 0 Å². The molecule has 1 amide bonds. The zero-order valence-electron chi connectivity index (χ0n) is 9.81. The van der Waals surface area contributed by atoms with Crippen LogP contribution in [0.25, 0.3) is 0 Å². The topological polar surface area (TPSA) is 59.5 Å². The van der Waals surface area contributed by atoms with Crippen LogP contribution in [-0.4, -0.2) is 28.4 Å².